The van der Waals surface area contributed by atoms with Gasteiger partial charge in [0, 0.05) is 32.7 Å². The molecule has 0 radical (unpaired) electrons. The highest BCUT2D eigenvalue weighted by molar-refractivity contribution is 4.98. The van der Waals surface area contributed by atoms with E-state index in [0.717, 1.165) is 11.8 Å². The van der Waals surface area contributed by atoms with Crippen molar-refractivity contribution in [2.45, 2.75) is 26.2 Å². The third kappa shape index (κ3) is 3.32. The standard InChI is InChI=1S/C13H24N2/c1-2-12-3-5-13(6-4-12)11-15-9-7-14-8-10-15/h3,5,12-14H,2,4,6-11H2,1H3. The van der Waals surface area contributed by atoms with E-state index in [1.54, 1.807) is 0 Å². The fourth-order valence-electron chi connectivity index (χ4n) is 2.65. The topological polar surface area (TPSA) is 15.3 Å². The summed E-state index contributed by atoms with van der Waals surface area (Å²) in [5, 5.41) is 3.41. The number of nitrogens with zero attached hydrogens (tertiary/aromatic N) is 1. The molecule has 1 N–H and O–H groups in total. The molecule has 0 aromatic carbocycles. The molecule has 2 heteroatoms. The molecule has 0 bridgehead atoms. The van der Waals surface area contributed by atoms with Crippen molar-refractivity contribution >= 4 is 0 Å². The third-order valence-electron chi connectivity index (χ3n) is 3.79. The van der Waals surface area contributed by atoms with E-state index < -0.39 is 0 Å². The van der Waals surface area contributed by atoms with Crippen LogP contribution in [0.1, 0.15) is 26.2 Å². The summed E-state index contributed by atoms with van der Waals surface area (Å²) in [5.74, 6) is 1.69. The summed E-state index contributed by atoms with van der Waals surface area (Å²) < 4.78 is 0. The minimum atomic E-state index is 0.825. The molecular formula is C13H24N2. The summed E-state index contributed by atoms with van der Waals surface area (Å²) >= 11 is 0. The first kappa shape index (κ1) is 11.2. The van der Waals surface area contributed by atoms with Crippen molar-refractivity contribution in [3.05, 3.63) is 12.2 Å². The van der Waals surface area contributed by atoms with Crippen molar-refractivity contribution in [1.82, 2.24) is 10.2 Å². The van der Waals surface area contributed by atoms with E-state index in [-0.39, 0.29) is 0 Å². The molecule has 0 saturated carbocycles. The first-order chi connectivity index (χ1) is 7.38. The zero-order valence-corrected chi connectivity index (χ0v) is 9.91. The molecule has 0 spiro atoms. The van der Waals surface area contributed by atoms with Crippen molar-refractivity contribution in [3.8, 4) is 0 Å². The van der Waals surface area contributed by atoms with Gasteiger partial charge in [-0.25, -0.2) is 0 Å². The number of rotatable bonds is 3. The number of allylic oxidation sites excluding steroid dienone is 1. The Hall–Kier alpha value is -0.340. The number of nitrogens with one attached hydrogen (secondary N) is 1. The summed E-state index contributed by atoms with van der Waals surface area (Å²) in [6.07, 6.45) is 9.05. The van der Waals surface area contributed by atoms with Gasteiger partial charge in [0.15, 0.2) is 0 Å². The van der Waals surface area contributed by atoms with E-state index in [0.29, 0.717) is 0 Å². The zero-order valence-electron chi connectivity index (χ0n) is 9.91. The van der Waals surface area contributed by atoms with Gasteiger partial charge in [0.25, 0.3) is 0 Å². The highest BCUT2D eigenvalue weighted by atomic mass is 15.2. The Morgan fingerprint density at radius 2 is 1.80 bits per heavy atom. The normalized spacial score (nSPS) is 33.1. The Balaban J connectivity index is 1.75. The zero-order chi connectivity index (χ0) is 10.5. The van der Waals surface area contributed by atoms with E-state index in [1.807, 2.05) is 0 Å². The predicted octanol–water partition coefficient (Wildman–Crippen LogP) is 1.88. The van der Waals surface area contributed by atoms with Crippen LogP contribution in [-0.4, -0.2) is 37.6 Å². The third-order valence-corrected chi connectivity index (χ3v) is 3.79. The van der Waals surface area contributed by atoms with Crippen LogP contribution in [0.15, 0.2) is 12.2 Å². The Labute approximate surface area is 93.7 Å². The Bertz CT molecular complexity index is 207. The van der Waals surface area contributed by atoms with Crippen LogP contribution in [0.5, 0.6) is 0 Å². The van der Waals surface area contributed by atoms with Gasteiger partial charge in [-0.05, 0) is 31.1 Å². The second-order valence-electron chi connectivity index (χ2n) is 4.94. The monoisotopic (exact) mass is 208 g/mol. The maximum absolute atomic E-state index is 3.41. The SMILES string of the molecule is CCC1C=CC(CN2CCNCC2)CC1. The van der Waals surface area contributed by atoms with E-state index in [4.69, 9.17) is 0 Å². The Morgan fingerprint density at radius 1 is 1.13 bits per heavy atom. The molecule has 1 heterocycles. The van der Waals surface area contributed by atoms with Crippen LogP contribution in [0.3, 0.4) is 0 Å². The molecule has 2 unspecified atom stereocenters. The molecule has 2 nitrogen and oxygen atoms in total. The molecule has 0 amide bonds. The lowest BCUT2D eigenvalue weighted by atomic mass is 9.87. The van der Waals surface area contributed by atoms with Crippen LogP contribution < -0.4 is 5.32 Å². The molecule has 2 atom stereocenters. The van der Waals surface area contributed by atoms with Crippen LogP contribution in [0.25, 0.3) is 0 Å². The molecular weight excluding hydrogens is 184 g/mol. The van der Waals surface area contributed by atoms with Crippen molar-refractivity contribution in [3.63, 3.8) is 0 Å². The van der Waals surface area contributed by atoms with Crippen molar-refractivity contribution < 1.29 is 0 Å². The van der Waals surface area contributed by atoms with E-state index in [2.05, 4.69) is 29.3 Å². The fraction of sp³-hybridized carbons (Fsp3) is 0.846. The maximum atomic E-state index is 3.41. The van der Waals surface area contributed by atoms with Crippen LogP contribution in [0.4, 0.5) is 0 Å². The van der Waals surface area contributed by atoms with E-state index in [1.165, 1.54) is 52.0 Å². The summed E-state index contributed by atoms with van der Waals surface area (Å²) in [6, 6.07) is 0. The van der Waals surface area contributed by atoms with Gasteiger partial charge in [0.2, 0.25) is 0 Å². The minimum Gasteiger partial charge on any atom is -0.314 e. The Kier molecular flexibility index (Phi) is 4.21. The highest BCUT2D eigenvalue weighted by Crippen LogP contribution is 2.24. The van der Waals surface area contributed by atoms with Crippen LogP contribution in [-0.2, 0) is 0 Å². The first-order valence-electron chi connectivity index (χ1n) is 6.50. The number of piperazine rings is 1. The van der Waals surface area contributed by atoms with Crippen molar-refractivity contribution in [2.75, 3.05) is 32.7 Å². The molecule has 86 valence electrons. The van der Waals surface area contributed by atoms with Gasteiger partial charge in [-0.15, -0.1) is 0 Å². The van der Waals surface area contributed by atoms with Gasteiger partial charge < -0.3 is 10.2 Å². The summed E-state index contributed by atoms with van der Waals surface area (Å²) in [7, 11) is 0. The molecule has 1 fully saturated rings. The van der Waals surface area contributed by atoms with Crippen LogP contribution >= 0.6 is 0 Å². The van der Waals surface area contributed by atoms with E-state index >= 15 is 0 Å². The average molecular weight is 208 g/mol. The van der Waals surface area contributed by atoms with Gasteiger partial charge in [-0.2, -0.15) is 0 Å². The maximum Gasteiger partial charge on any atom is 0.0108 e. The first-order valence-corrected chi connectivity index (χ1v) is 6.50. The Morgan fingerprint density at radius 3 is 2.40 bits per heavy atom. The van der Waals surface area contributed by atoms with Crippen molar-refractivity contribution in [1.29, 1.82) is 0 Å². The minimum absolute atomic E-state index is 0.825. The summed E-state index contributed by atoms with van der Waals surface area (Å²) in [6.45, 7) is 8.41. The van der Waals surface area contributed by atoms with E-state index in [9.17, 15) is 0 Å². The quantitative estimate of drug-likeness (QED) is 0.713. The van der Waals surface area contributed by atoms with Crippen LogP contribution in [0.2, 0.25) is 0 Å². The molecule has 0 aromatic rings. The smallest absolute Gasteiger partial charge is 0.0108 e. The fourth-order valence-corrected chi connectivity index (χ4v) is 2.65. The lowest BCUT2D eigenvalue weighted by Gasteiger charge is -2.31. The molecule has 2 aliphatic rings. The second kappa shape index (κ2) is 5.66. The molecule has 1 aliphatic carbocycles. The lowest BCUT2D eigenvalue weighted by Crippen LogP contribution is -2.45. The lowest BCUT2D eigenvalue weighted by molar-refractivity contribution is 0.210. The number of hydrogen-bond donors (Lipinski definition) is 1. The van der Waals surface area contributed by atoms with Crippen LogP contribution in [0, 0.1) is 11.8 Å². The summed E-state index contributed by atoms with van der Waals surface area (Å²) in [4.78, 5) is 2.61. The van der Waals surface area contributed by atoms with Gasteiger partial charge in [0.1, 0.15) is 0 Å². The van der Waals surface area contributed by atoms with Crippen molar-refractivity contribution in [2.24, 2.45) is 11.8 Å². The largest absolute Gasteiger partial charge is 0.314 e. The summed E-state index contributed by atoms with van der Waals surface area (Å²) in [5.41, 5.74) is 0. The van der Waals surface area contributed by atoms with Gasteiger partial charge in [-0.1, -0.05) is 19.1 Å². The number of hydrogen-bond acceptors (Lipinski definition) is 2. The average Bonchev–Trinajstić information content (AvgIpc) is 2.31. The van der Waals surface area contributed by atoms with Gasteiger partial charge in [0.05, 0.1) is 0 Å². The van der Waals surface area contributed by atoms with Gasteiger partial charge >= 0.3 is 0 Å². The predicted molar refractivity (Wildman–Crippen MR) is 65.0 cm³/mol. The molecule has 1 saturated heterocycles. The molecule has 1 aliphatic heterocycles. The molecule has 2 rings (SSSR count). The highest BCUT2D eigenvalue weighted by Gasteiger charge is 2.18. The van der Waals surface area contributed by atoms with Gasteiger partial charge in [-0.3, -0.25) is 0 Å². The molecule has 15 heavy (non-hydrogen) atoms. The second-order valence-corrected chi connectivity index (χ2v) is 4.94. The molecule has 0 aromatic heterocycles.